The standard InChI is InChI=1S/C29H30BrN3O3/c1-3-16-33(2)18-20-6-12-23(13-7-20)31-28(21-9-4-19(5-10-21)8-15-26(34)35)27-24-14-11-22(30)17-25(24)32-29(27)36/h4-7,9-14,17,27H,3,8,15-16,18H2,1-2H3,(H,32,36)(H,34,35). The van der Waals surface area contributed by atoms with Crippen molar-refractivity contribution < 1.29 is 14.7 Å². The van der Waals surface area contributed by atoms with Crippen molar-refractivity contribution in [1.29, 1.82) is 0 Å². The van der Waals surface area contributed by atoms with Crippen molar-refractivity contribution in [3.8, 4) is 0 Å². The molecule has 1 atom stereocenters. The van der Waals surface area contributed by atoms with Crippen molar-refractivity contribution in [2.24, 2.45) is 4.99 Å². The molecule has 1 unspecified atom stereocenters. The number of nitrogens with zero attached hydrogens (tertiary/aromatic N) is 2. The van der Waals surface area contributed by atoms with Gasteiger partial charge in [0.2, 0.25) is 5.91 Å². The van der Waals surface area contributed by atoms with E-state index >= 15 is 0 Å². The smallest absolute Gasteiger partial charge is 0.303 e. The molecule has 0 saturated carbocycles. The number of halogens is 1. The zero-order chi connectivity index (χ0) is 25.7. The summed E-state index contributed by atoms with van der Waals surface area (Å²) in [4.78, 5) is 31.4. The first-order valence-corrected chi connectivity index (χ1v) is 12.9. The summed E-state index contributed by atoms with van der Waals surface area (Å²) in [5, 5.41) is 12.0. The Morgan fingerprint density at radius 1 is 1.06 bits per heavy atom. The highest BCUT2D eigenvalue weighted by Gasteiger charge is 2.35. The predicted molar refractivity (Wildman–Crippen MR) is 147 cm³/mol. The van der Waals surface area contributed by atoms with E-state index in [9.17, 15) is 9.59 Å². The number of carboxylic acid groups (broad SMARTS) is 1. The third kappa shape index (κ3) is 6.28. The second kappa shape index (κ2) is 11.6. The quantitative estimate of drug-likeness (QED) is 0.297. The van der Waals surface area contributed by atoms with Crippen LogP contribution in [0.4, 0.5) is 11.4 Å². The van der Waals surface area contributed by atoms with Gasteiger partial charge in [0.05, 0.1) is 11.4 Å². The van der Waals surface area contributed by atoms with E-state index in [0.29, 0.717) is 12.1 Å². The Kier molecular flexibility index (Phi) is 8.33. The Morgan fingerprint density at radius 3 is 2.42 bits per heavy atom. The maximum Gasteiger partial charge on any atom is 0.303 e. The zero-order valence-electron chi connectivity index (χ0n) is 20.5. The molecule has 6 nitrogen and oxygen atoms in total. The highest BCUT2D eigenvalue weighted by Crippen LogP contribution is 2.38. The molecule has 0 spiro atoms. The van der Waals surface area contributed by atoms with Crippen LogP contribution >= 0.6 is 15.9 Å². The molecule has 4 rings (SSSR count). The number of aryl methyl sites for hydroxylation is 1. The van der Waals surface area contributed by atoms with Crippen molar-refractivity contribution in [3.63, 3.8) is 0 Å². The lowest BCUT2D eigenvalue weighted by Gasteiger charge is -2.16. The van der Waals surface area contributed by atoms with E-state index in [-0.39, 0.29) is 12.3 Å². The Morgan fingerprint density at radius 2 is 1.75 bits per heavy atom. The number of amides is 1. The number of nitrogens with one attached hydrogen (secondary N) is 1. The minimum absolute atomic E-state index is 0.0768. The number of benzene rings is 3. The lowest BCUT2D eigenvalue weighted by molar-refractivity contribution is -0.137. The third-order valence-electron chi connectivity index (χ3n) is 6.24. The largest absolute Gasteiger partial charge is 0.481 e. The average molecular weight is 548 g/mol. The summed E-state index contributed by atoms with van der Waals surface area (Å²) in [6.45, 7) is 4.08. The molecule has 1 heterocycles. The summed E-state index contributed by atoms with van der Waals surface area (Å²) in [6, 6.07) is 21.6. The highest BCUT2D eigenvalue weighted by atomic mass is 79.9. The van der Waals surface area contributed by atoms with E-state index in [1.54, 1.807) is 0 Å². The molecule has 1 aliphatic heterocycles. The van der Waals surface area contributed by atoms with E-state index in [0.717, 1.165) is 52.0 Å². The van der Waals surface area contributed by atoms with Gasteiger partial charge in [-0.3, -0.25) is 14.6 Å². The molecule has 0 fully saturated rings. The lowest BCUT2D eigenvalue weighted by Crippen LogP contribution is -2.22. The van der Waals surface area contributed by atoms with E-state index in [1.807, 2.05) is 54.6 Å². The summed E-state index contributed by atoms with van der Waals surface area (Å²) < 4.78 is 0.895. The van der Waals surface area contributed by atoms with Crippen molar-refractivity contribution >= 4 is 44.9 Å². The fraction of sp³-hybridized carbons (Fsp3) is 0.276. The van der Waals surface area contributed by atoms with Gasteiger partial charge >= 0.3 is 5.97 Å². The first-order valence-electron chi connectivity index (χ1n) is 12.1. The number of fused-ring (bicyclic) bond motifs is 1. The number of carbonyl (C=O) groups is 2. The van der Waals surface area contributed by atoms with Gasteiger partial charge < -0.3 is 15.3 Å². The molecule has 3 aromatic rings. The molecule has 7 heteroatoms. The Labute approximate surface area is 220 Å². The van der Waals surface area contributed by atoms with Gasteiger partial charge in [-0.1, -0.05) is 65.3 Å². The molecule has 36 heavy (non-hydrogen) atoms. The third-order valence-corrected chi connectivity index (χ3v) is 6.73. The Balaban J connectivity index is 1.69. The number of hydrogen-bond acceptors (Lipinski definition) is 4. The molecule has 0 bridgehead atoms. The topological polar surface area (TPSA) is 82.0 Å². The summed E-state index contributed by atoms with van der Waals surface area (Å²) in [7, 11) is 2.11. The Bertz CT molecular complexity index is 1270. The number of aliphatic carboxylic acids is 1. The SMILES string of the molecule is CCCN(C)Cc1ccc(N=C(c2ccc(CCC(=O)O)cc2)C2C(=O)Nc3cc(Br)ccc32)cc1. The molecule has 186 valence electrons. The van der Waals surface area contributed by atoms with Gasteiger partial charge in [-0.25, -0.2) is 0 Å². The van der Waals surface area contributed by atoms with Crippen molar-refractivity contribution in [2.45, 2.75) is 38.6 Å². The number of carboxylic acids is 1. The first kappa shape index (κ1) is 25.8. The minimum atomic E-state index is -0.823. The Hall–Kier alpha value is -3.29. The molecule has 0 aromatic heterocycles. The molecule has 3 aromatic carbocycles. The van der Waals surface area contributed by atoms with Crippen LogP contribution in [0.5, 0.6) is 0 Å². The van der Waals surface area contributed by atoms with Crippen LogP contribution in [-0.4, -0.2) is 41.2 Å². The number of rotatable bonds is 10. The van der Waals surface area contributed by atoms with E-state index in [1.165, 1.54) is 5.56 Å². The van der Waals surface area contributed by atoms with Crippen LogP contribution in [0, 0.1) is 0 Å². The zero-order valence-corrected chi connectivity index (χ0v) is 22.1. The average Bonchev–Trinajstić information content (AvgIpc) is 3.17. The van der Waals surface area contributed by atoms with Crippen LogP contribution < -0.4 is 5.32 Å². The first-order chi connectivity index (χ1) is 17.3. The van der Waals surface area contributed by atoms with Crippen LogP contribution in [0.25, 0.3) is 0 Å². The molecular weight excluding hydrogens is 518 g/mol. The normalized spacial score (nSPS) is 15.2. The molecule has 2 N–H and O–H groups in total. The maximum absolute atomic E-state index is 13.2. The second-order valence-corrected chi connectivity index (χ2v) is 10.1. The summed E-state index contributed by atoms with van der Waals surface area (Å²) in [6.07, 6.45) is 1.64. The van der Waals surface area contributed by atoms with E-state index < -0.39 is 11.9 Å². The van der Waals surface area contributed by atoms with Gasteiger partial charge in [0.15, 0.2) is 0 Å². The van der Waals surface area contributed by atoms with Crippen LogP contribution in [0.15, 0.2) is 76.2 Å². The molecule has 1 aliphatic rings. The number of aliphatic imine (C=N–C) groups is 1. The van der Waals surface area contributed by atoms with Crippen molar-refractivity contribution in [2.75, 3.05) is 18.9 Å². The number of carbonyl (C=O) groups excluding carboxylic acids is 1. The molecule has 0 radical (unpaired) electrons. The molecule has 0 aliphatic carbocycles. The van der Waals surface area contributed by atoms with Crippen molar-refractivity contribution in [1.82, 2.24) is 4.90 Å². The highest BCUT2D eigenvalue weighted by molar-refractivity contribution is 9.10. The predicted octanol–water partition coefficient (Wildman–Crippen LogP) is 6.16. The fourth-order valence-electron chi connectivity index (χ4n) is 4.48. The van der Waals surface area contributed by atoms with Gasteiger partial charge in [0, 0.05) is 23.1 Å². The molecule has 0 saturated heterocycles. The summed E-state index contributed by atoms with van der Waals surface area (Å²) in [5.41, 5.74) is 6.07. The fourth-order valence-corrected chi connectivity index (χ4v) is 4.84. The maximum atomic E-state index is 13.2. The number of hydrogen-bond donors (Lipinski definition) is 2. The number of anilines is 1. The molecular formula is C29H30BrN3O3. The summed E-state index contributed by atoms with van der Waals surface area (Å²) in [5.74, 6) is -1.49. The van der Waals surface area contributed by atoms with E-state index in [4.69, 9.17) is 10.1 Å². The van der Waals surface area contributed by atoms with Gasteiger partial charge in [-0.2, -0.15) is 0 Å². The van der Waals surface area contributed by atoms with Gasteiger partial charge in [0.25, 0.3) is 0 Å². The van der Waals surface area contributed by atoms with Crippen LogP contribution in [0.3, 0.4) is 0 Å². The summed E-state index contributed by atoms with van der Waals surface area (Å²) >= 11 is 3.48. The van der Waals surface area contributed by atoms with Gasteiger partial charge in [-0.05, 0) is 73.0 Å². The molecule has 1 amide bonds. The van der Waals surface area contributed by atoms with Crippen molar-refractivity contribution in [3.05, 3.63) is 93.5 Å². The van der Waals surface area contributed by atoms with Crippen LogP contribution in [0.1, 0.15) is 47.9 Å². The van der Waals surface area contributed by atoms with Gasteiger partial charge in [-0.15, -0.1) is 0 Å². The monoisotopic (exact) mass is 547 g/mol. The second-order valence-electron chi connectivity index (χ2n) is 9.15. The van der Waals surface area contributed by atoms with Crippen LogP contribution in [0.2, 0.25) is 0 Å². The van der Waals surface area contributed by atoms with Gasteiger partial charge in [0.1, 0.15) is 5.92 Å². The lowest BCUT2D eigenvalue weighted by atomic mass is 9.90. The van der Waals surface area contributed by atoms with E-state index in [2.05, 4.69) is 52.3 Å². The van der Waals surface area contributed by atoms with Crippen LogP contribution in [-0.2, 0) is 22.6 Å². The minimum Gasteiger partial charge on any atom is -0.481 e.